The molecule has 0 aliphatic rings. The average Bonchev–Trinajstić information content (AvgIpc) is 2.91. The van der Waals surface area contributed by atoms with Crippen molar-refractivity contribution in [2.75, 3.05) is 5.32 Å². The Hall–Kier alpha value is -2.33. The molecule has 3 rings (SSSR count). The number of aromatic nitrogens is 3. The molecule has 20 heavy (non-hydrogen) atoms. The van der Waals surface area contributed by atoms with E-state index in [-0.39, 0.29) is 0 Å². The Labute approximate surface area is 121 Å². The average molecular weight is 285 g/mol. The van der Waals surface area contributed by atoms with Gasteiger partial charge in [0.1, 0.15) is 0 Å². The molecule has 2 aromatic heterocycles. The highest BCUT2D eigenvalue weighted by Crippen LogP contribution is 2.21. The van der Waals surface area contributed by atoms with Gasteiger partial charge in [0.05, 0.1) is 16.4 Å². The first kappa shape index (κ1) is 12.7. The summed E-state index contributed by atoms with van der Waals surface area (Å²) in [5, 5.41) is 11.0. The minimum absolute atomic E-state index is 0.617. The zero-order valence-electron chi connectivity index (χ0n) is 10.9. The topological polar surface area (TPSA) is 53.6 Å². The molecule has 0 aliphatic carbocycles. The maximum absolute atomic E-state index is 5.82. The van der Waals surface area contributed by atoms with E-state index in [0.717, 1.165) is 22.9 Å². The first-order valence-electron chi connectivity index (χ1n) is 6.22. The lowest BCUT2D eigenvalue weighted by atomic mass is 10.2. The van der Waals surface area contributed by atoms with Gasteiger partial charge in [-0.05, 0) is 31.2 Å². The second-order valence-electron chi connectivity index (χ2n) is 4.52. The predicted octanol–water partition coefficient (Wildman–Crippen LogP) is 4.18. The van der Waals surface area contributed by atoms with Crippen LogP contribution in [0.2, 0.25) is 5.02 Å². The number of aromatic amines is 1. The molecule has 0 bridgehead atoms. The summed E-state index contributed by atoms with van der Waals surface area (Å²) in [7, 11) is 0. The van der Waals surface area contributed by atoms with Crippen molar-refractivity contribution >= 4 is 23.1 Å². The number of rotatable bonds is 3. The Kier molecular flexibility index (Phi) is 3.39. The zero-order chi connectivity index (χ0) is 13.9. The number of hydrogen-bond acceptors (Lipinski definition) is 3. The number of nitrogens with zero attached hydrogens (tertiary/aromatic N) is 2. The fraction of sp³-hybridized carbons (Fsp3) is 0.0667. The number of anilines is 2. The van der Waals surface area contributed by atoms with Crippen LogP contribution in [0.3, 0.4) is 0 Å². The largest absolute Gasteiger partial charge is 0.339 e. The summed E-state index contributed by atoms with van der Waals surface area (Å²) in [4.78, 5) is 4.25. The van der Waals surface area contributed by atoms with E-state index in [2.05, 4.69) is 39.6 Å². The number of aryl methyl sites for hydroxylation is 1. The van der Waals surface area contributed by atoms with Gasteiger partial charge in [-0.2, -0.15) is 5.10 Å². The van der Waals surface area contributed by atoms with Crippen LogP contribution in [0.1, 0.15) is 5.56 Å². The van der Waals surface area contributed by atoms with Gasteiger partial charge in [0.15, 0.2) is 5.82 Å². The van der Waals surface area contributed by atoms with Crippen molar-refractivity contribution < 1.29 is 0 Å². The van der Waals surface area contributed by atoms with Crippen LogP contribution < -0.4 is 5.32 Å². The van der Waals surface area contributed by atoms with Gasteiger partial charge < -0.3 is 5.32 Å². The third kappa shape index (κ3) is 2.81. The van der Waals surface area contributed by atoms with Crippen LogP contribution in [0.5, 0.6) is 0 Å². The summed E-state index contributed by atoms with van der Waals surface area (Å²) in [5.41, 5.74) is 3.87. The van der Waals surface area contributed by atoms with Crippen molar-refractivity contribution in [2.45, 2.75) is 6.92 Å². The van der Waals surface area contributed by atoms with E-state index in [1.807, 2.05) is 24.3 Å². The normalized spacial score (nSPS) is 10.5. The van der Waals surface area contributed by atoms with Gasteiger partial charge in [-0.25, -0.2) is 0 Å². The number of pyridine rings is 1. The summed E-state index contributed by atoms with van der Waals surface area (Å²) in [6.45, 7) is 2.06. The number of H-pyrrole nitrogens is 1. The molecule has 0 aliphatic heterocycles. The van der Waals surface area contributed by atoms with Gasteiger partial charge >= 0.3 is 0 Å². The molecule has 0 saturated carbocycles. The molecule has 2 N–H and O–H groups in total. The Morgan fingerprint density at radius 2 is 1.90 bits per heavy atom. The molecule has 0 amide bonds. The Morgan fingerprint density at radius 1 is 1.10 bits per heavy atom. The minimum Gasteiger partial charge on any atom is -0.339 e. The molecule has 0 atom stereocenters. The predicted molar refractivity (Wildman–Crippen MR) is 81.3 cm³/mol. The van der Waals surface area contributed by atoms with Crippen LogP contribution in [-0.2, 0) is 0 Å². The molecule has 1 aromatic carbocycles. The molecule has 4 nitrogen and oxygen atoms in total. The van der Waals surface area contributed by atoms with E-state index < -0.39 is 0 Å². The van der Waals surface area contributed by atoms with Crippen molar-refractivity contribution in [3.8, 4) is 11.4 Å². The van der Waals surface area contributed by atoms with Crippen molar-refractivity contribution in [1.82, 2.24) is 15.2 Å². The van der Waals surface area contributed by atoms with Gasteiger partial charge in [-0.3, -0.25) is 10.1 Å². The summed E-state index contributed by atoms with van der Waals surface area (Å²) in [6.07, 6.45) is 1.62. The van der Waals surface area contributed by atoms with Crippen LogP contribution in [0.25, 0.3) is 11.4 Å². The fourth-order valence-corrected chi connectivity index (χ4v) is 1.95. The van der Waals surface area contributed by atoms with Crippen molar-refractivity contribution in [3.63, 3.8) is 0 Å². The highest BCUT2D eigenvalue weighted by Gasteiger charge is 2.05. The Balaban J connectivity index is 1.80. The molecule has 100 valence electrons. The minimum atomic E-state index is 0.617. The van der Waals surface area contributed by atoms with E-state index in [1.54, 1.807) is 12.3 Å². The molecular weight excluding hydrogens is 272 g/mol. The third-order valence-electron chi connectivity index (χ3n) is 2.91. The fourth-order valence-electron chi connectivity index (χ4n) is 1.84. The second-order valence-corrected chi connectivity index (χ2v) is 4.96. The lowest BCUT2D eigenvalue weighted by Gasteiger charge is -2.02. The van der Waals surface area contributed by atoms with Crippen LogP contribution in [0, 0.1) is 6.92 Å². The first-order chi connectivity index (χ1) is 9.70. The molecule has 0 spiro atoms. The Morgan fingerprint density at radius 3 is 2.60 bits per heavy atom. The van der Waals surface area contributed by atoms with Gasteiger partial charge in [-0.15, -0.1) is 0 Å². The SMILES string of the molecule is Cc1ccc(Nc2cc(-c3ccc(Cl)cn3)[nH]n2)cc1. The number of hydrogen-bond donors (Lipinski definition) is 2. The molecule has 0 saturated heterocycles. The van der Waals surface area contributed by atoms with Crippen molar-refractivity contribution in [3.05, 3.63) is 59.2 Å². The summed E-state index contributed by atoms with van der Waals surface area (Å²) >= 11 is 5.82. The van der Waals surface area contributed by atoms with E-state index in [1.165, 1.54) is 5.56 Å². The number of halogens is 1. The zero-order valence-corrected chi connectivity index (χ0v) is 11.6. The van der Waals surface area contributed by atoms with Gasteiger partial charge in [-0.1, -0.05) is 29.3 Å². The van der Waals surface area contributed by atoms with Crippen LogP contribution in [0.15, 0.2) is 48.7 Å². The highest BCUT2D eigenvalue weighted by molar-refractivity contribution is 6.30. The lowest BCUT2D eigenvalue weighted by molar-refractivity contribution is 1.09. The van der Waals surface area contributed by atoms with Crippen LogP contribution >= 0.6 is 11.6 Å². The highest BCUT2D eigenvalue weighted by atomic mass is 35.5. The second kappa shape index (κ2) is 5.35. The Bertz CT molecular complexity index is 701. The molecular formula is C15H13ClN4. The lowest BCUT2D eigenvalue weighted by Crippen LogP contribution is -1.89. The quantitative estimate of drug-likeness (QED) is 0.759. The van der Waals surface area contributed by atoms with Gasteiger partial charge in [0.2, 0.25) is 0 Å². The standard InChI is InChI=1S/C15H13ClN4/c1-10-2-5-12(6-3-10)18-15-8-14(19-20-15)13-7-4-11(16)9-17-13/h2-9H,1H3,(H2,18,19,20). The van der Waals surface area contributed by atoms with Crippen LogP contribution in [0.4, 0.5) is 11.5 Å². The molecule has 0 fully saturated rings. The summed E-state index contributed by atoms with van der Waals surface area (Å²) in [6, 6.07) is 13.7. The number of nitrogens with one attached hydrogen (secondary N) is 2. The molecule has 0 unspecified atom stereocenters. The van der Waals surface area contributed by atoms with Gasteiger partial charge in [0.25, 0.3) is 0 Å². The third-order valence-corrected chi connectivity index (χ3v) is 3.13. The van der Waals surface area contributed by atoms with Gasteiger partial charge in [0, 0.05) is 18.0 Å². The first-order valence-corrected chi connectivity index (χ1v) is 6.59. The summed E-state index contributed by atoms with van der Waals surface area (Å²) < 4.78 is 0. The maximum atomic E-state index is 5.82. The van der Waals surface area contributed by atoms with Crippen LogP contribution in [-0.4, -0.2) is 15.2 Å². The molecule has 3 aromatic rings. The van der Waals surface area contributed by atoms with E-state index in [9.17, 15) is 0 Å². The van der Waals surface area contributed by atoms with E-state index in [4.69, 9.17) is 11.6 Å². The monoisotopic (exact) mass is 284 g/mol. The van der Waals surface area contributed by atoms with E-state index in [0.29, 0.717) is 5.02 Å². The summed E-state index contributed by atoms with van der Waals surface area (Å²) in [5.74, 6) is 0.751. The smallest absolute Gasteiger partial charge is 0.152 e. The number of benzene rings is 1. The van der Waals surface area contributed by atoms with E-state index >= 15 is 0 Å². The van der Waals surface area contributed by atoms with Crippen molar-refractivity contribution in [1.29, 1.82) is 0 Å². The molecule has 2 heterocycles. The van der Waals surface area contributed by atoms with Crippen molar-refractivity contribution in [2.24, 2.45) is 0 Å². The molecule has 5 heteroatoms. The molecule has 0 radical (unpaired) electrons. The maximum Gasteiger partial charge on any atom is 0.152 e.